The van der Waals surface area contributed by atoms with E-state index in [1.807, 2.05) is 0 Å². The van der Waals surface area contributed by atoms with Gasteiger partial charge in [-0.2, -0.15) is 22.0 Å². The average Bonchev–Trinajstić information content (AvgIpc) is 2.21. The Morgan fingerprint density at radius 1 is 1.12 bits per heavy atom. The molecule has 0 atom stereocenters. The van der Waals surface area contributed by atoms with Crippen molar-refractivity contribution in [2.45, 2.75) is 12.1 Å². The molecule has 0 unspecified atom stereocenters. The largest absolute Gasteiger partial charge is 0.461 e. The van der Waals surface area contributed by atoms with Crippen LogP contribution in [0.2, 0.25) is 0 Å². The fourth-order valence-corrected chi connectivity index (χ4v) is 0.557. The number of carbonyl (C=O) groups excluding carboxylic acids is 2. The fraction of sp³-hybridized carbons (Fsp3) is 0.500. The molecule has 0 radical (unpaired) electrons. The molecule has 0 N–H and O–H groups in total. The molecule has 0 aromatic carbocycles. The number of rotatable bonds is 3. The molecule has 9 heteroatoms. The lowest BCUT2D eigenvalue weighted by atomic mass is 10.3. The zero-order valence-electron chi connectivity index (χ0n) is 8.38. The van der Waals surface area contributed by atoms with Crippen LogP contribution in [0.1, 0.15) is 0 Å². The van der Waals surface area contributed by atoms with E-state index < -0.39 is 36.7 Å². The van der Waals surface area contributed by atoms with Crippen molar-refractivity contribution in [3.63, 3.8) is 0 Å². The predicted molar refractivity (Wildman–Crippen MR) is 43.1 cm³/mol. The summed E-state index contributed by atoms with van der Waals surface area (Å²) in [5.41, 5.74) is 0. The van der Waals surface area contributed by atoms with Gasteiger partial charge in [0.1, 0.15) is 6.61 Å². The Hall–Kier alpha value is -1.67. The van der Waals surface area contributed by atoms with Crippen molar-refractivity contribution < 1.29 is 41.0 Å². The standard InChI is InChI=1S/C8H7F5O4/c1-16-5(14)6(15)17-4-2-3-7(9,10)8(11,12)13/h2-3H,4H2,1H3/b3-2+. The Labute approximate surface area is 92.0 Å². The van der Waals surface area contributed by atoms with Gasteiger partial charge in [-0.25, -0.2) is 9.59 Å². The maximum atomic E-state index is 12.2. The van der Waals surface area contributed by atoms with Gasteiger partial charge in [-0.15, -0.1) is 0 Å². The molecule has 0 saturated heterocycles. The highest BCUT2D eigenvalue weighted by atomic mass is 19.4. The second-order valence-corrected chi connectivity index (χ2v) is 2.61. The number of methoxy groups -OCH3 is 1. The summed E-state index contributed by atoms with van der Waals surface area (Å²) in [4.78, 5) is 21.0. The van der Waals surface area contributed by atoms with Crippen LogP contribution in [0.15, 0.2) is 12.2 Å². The van der Waals surface area contributed by atoms with Crippen LogP contribution < -0.4 is 0 Å². The topological polar surface area (TPSA) is 52.6 Å². The van der Waals surface area contributed by atoms with Crippen LogP contribution in [-0.4, -0.2) is 37.8 Å². The minimum absolute atomic E-state index is 0.272. The van der Waals surface area contributed by atoms with E-state index in [0.29, 0.717) is 0 Å². The number of esters is 2. The smallest absolute Gasteiger partial charge is 0.457 e. The molecule has 98 valence electrons. The maximum Gasteiger partial charge on any atom is 0.457 e. The van der Waals surface area contributed by atoms with Crippen molar-refractivity contribution in [1.82, 2.24) is 0 Å². The van der Waals surface area contributed by atoms with Crippen molar-refractivity contribution >= 4 is 11.9 Å². The quantitative estimate of drug-likeness (QED) is 0.334. The Morgan fingerprint density at radius 2 is 1.65 bits per heavy atom. The summed E-state index contributed by atoms with van der Waals surface area (Å²) in [7, 11) is 0.872. The first kappa shape index (κ1) is 15.3. The highest BCUT2D eigenvalue weighted by molar-refractivity contribution is 6.29. The molecule has 17 heavy (non-hydrogen) atoms. The van der Waals surface area contributed by atoms with Crippen molar-refractivity contribution in [2.75, 3.05) is 13.7 Å². The molecule has 0 aromatic heterocycles. The number of hydrogen-bond acceptors (Lipinski definition) is 4. The number of carbonyl (C=O) groups is 2. The molecule has 0 rings (SSSR count). The molecule has 0 aromatic rings. The zero-order chi connectivity index (χ0) is 13.7. The van der Waals surface area contributed by atoms with E-state index in [4.69, 9.17) is 0 Å². The van der Waals surface area contributed by atoms with Gasteiger partial charge in [0.25, 0.3) is 0 Å². The second kappa shape index (κ2) is 5.60. The molecule has 0 fully saturated rings. The van der Waals surface area contributed by atoms with Crippen LogP contribution in [0.4, 0.5) is 22.0 Å². The summed E-state index contributed by atoms with van der Waals surface area (Å²) >= 11 is 0. The van der Waals surface area contributed by atoms with Crippen LogP contribution >= 0.6 is 0 Å². The molecular weight excluding hydrogens is 255 g/mol. The van der Waals surface area contributed by atoms with Crippen LogP contribution in [0.5, 0.6) is 0 Å². The SMILES string of the molecule is COC(=O)C(=O)OC/C=C/C(F)(F)C(F)(F)F. The minimum atomic E-state index is -5.73. The number of ether oxygens (including phenoxy) is 2. The van der Waals surface area contributed by atoms with E-state index in [9.17, 15) is 31.5 Å². The third-order valence-electron chi connectivity index (χ3n) is 1.37. The van der Waals surface area contributed by atoms with Crippen LogP contribution in [0.3, 0.4) is 0 Å². The van der Waals surface area contributed by atoms with E-state index in [-0.39, 0.29) is 6.08 Å². The molecule has 0 bridgehead atoms. The third-order valence-corrected chi connectivity index (χ3v) is 1.37. The van der Waals surface area contributed by atoms with Crippen LogP contribution in [0.25, 0.3) is 0 Å². The summed E-state index contributed by atoms with van der Waals surface area (Å²) in [5, 5.41) is 0. The molecule has 0 heterocycles. The number of allylic oxidation sites excluding steroid dienone is 1. The Balaban J connectivity index is 4.23. The van der Waals surface area contributed by atoms with Gasteiger partial charge in [0.05, 0.1) is 7.11 Å². The van der Waals surface area contributed by atoms with Gasteiger partial charge >= 0.3 is 24.0 Å². The first-order chi connectivity index (χ1) is 7.62. The van der Waals surface area contributed by atoms with E-state index in [1.54, 1.807) is 0 Å². The van der Waals surface area contributed by atoms with Gasteiger partial charge in [0, 0.05) is 0 Å². The number of alkyl halides is 5. The van der Waals surface area contributed by atoms with E-state index in [1.165, 1.54) is 0 Å². The van der Waals surface area contributed by atoms with Gasteiger partial charge < -0.3 is 9.47 Å². The molecular formula is C8H7F5O4. The molecule has 0 aliphatic heterocycles. The second-order valence-electron chi connectivity index (χ2n) is 2.61. The normalized spacial score (nSPS) is 12.6. The van der Waals surface area contributed by atoms with Crippen LogP contribution in [0, 0.1) is 0 Å². The monoisotopic (exact) mass is 262 g/mol. The van der Waals surface area contributed by atoms with Crippen LogP contribution in [-0.2, 0) is 19.1 Å². The third kappa shape index (κ3) is 4.79. The lowest BCUT2D eigenvalue weighted by Gasteiger charge is -2.15. The lowest BCUT2D eigenvalue weighted by molar-refractivity contribution is -0.259. The number of halogens is 5. The lowest BCUT2D eigenvalue weighted by Crippen LogP contribution is -2.34. The van der Waals surface area contributed by atoms with Crippen molar-refractivity contribution in [3.05, 3.63) is 12.2 Å². The molecule has 0 spiro atoms. The average molecular weight is 262 g/mol. The van der Waals surface area contributed by atoms with Crippen molar-refractivity contribution in [2.24, 2.45) is 0 Å². The van der Waals surface area contributed by atoms with Gasteiger partial charge in [-0.3, -0.25) is 0 Å². The van der Waals surface area contributed by atoms with Gasteiger partial charge in [-0.1, -0.05) is 0 Å². The summed E-state index contributed by atoms with van der Waals surface area (Å²) < 4.78 is 67.2. The minimum Gasteiger partial charge on any atom is -0.461 e. The molecule has 0 aliphatic rings. The summed E-state index contributed by atoms with van der Waals surface area (Å²) in [5.74, 6) is -7.90. The highest BCUT2D eigenvalue weighted by Gasteiger charge is 2.55. The maximum absolute atomic E-state index is 12.2. The summed E-state index contributed by atoms with van der Waals surface area (Å²) in [6.45, 7) is -0.903. The van der Waals surface area contributed by atoms with E-state index in [0.717, 1.165) is 7.11 Å². The Kier molecular flexibility index (Phi) is 5.05. The Morgan fingerprint density at radius 3 is 2.06 bits per heavy atom. The van der Waals surface area contributed by atoms with E-state index >= 15 is 0 Å². The molecule has 0 saturated carbocycles. The first-order valence-corrected chi connectivity index (χ1v) is 3.99. The van der Waals surface area contributed by atoms with Crippen molar-refractivity contribution in [3.8, 4) is 0 Å². The summed E-state index contributed by atoms with van der Waals surface area (Å²) in [6, 6.07) is 0. The Bertz CT molecular complexity index is 320. The van der Waals surface area contributed by atoms with Gasteiger partial charge in [0.15, 0.2) is 0 Å². The zero-order valence-corrected chi connectivity index (χ0v) is 8.38. The van der Waals surface area contributed by atoms with E-state index in [2.05, 4.69) is 9.47 Å². The first-order valence-electron chi connectivity index (χ1n) is 3.99. The highest BCUT2D eigenvalue weighted by Crippen LogP contribution is 2.36. The van der Waals surface area contributed by atoms with Gasteiger partial charge in [0.2, 0.25) is 0 Å². The summed E-state index contributed by atoms with van der Waals surface area (Å²) in [6.07, 6.45) is -5.93. The molecule has 4 nitrogen and oxygen atoms in total. The fourth-order valence-electron chi connectivity index (χ4n) is 0.557. The predicted octanol–water partition coefficient (Wildman–Crippen LogP) is 1.46. The van der Waals surface area contributed by atoms with Crippen molar-refractivity contribution in [1.29, 1.82) is 0 Å². The molecule has 0 amide bonds. The van der Waals surface area contributed by atoms with Gasteiger partial charge in [-0.05, 0) is 12.2 Å². The number of hydrogen-bond donors (Lipinski definition) is 0. The molecule has 0 aliphatic carbocycles.